The van der Waals surface area contributed by atoms with Crippen LogP contribution in [0.4, 0.5) is 0 Å². The highest BCUT2D eigenvalue weighted by atomic mass is 16.4. The predicted molar refractivity (Wildman–Crippen MR) is 73.4 cm³/mol. The molecule has 2 nitrogen and oxygen atoms in total. The number of benzene rings is 2. The highest BCUT2D eigenvalue weighted by Crippen LogP contribution is 2.15. The third-order valence-electron chi connectivity index (χ3n) is 3.28. The van der Waals surface area contributed by atoms with Gasteiger partial charge in [-0.25, -0.2) is 0 Å². The summed E-state index contributed by atoms with van der Waals surface area (Å²) in [6.45, 7) is 0. The fraction of sp³-hybridized carbons (Fsp3) is 0.235. The van der Waals surface area contributed by atoms with Crippen molar-refractivity contribution in [2.45, 2.75) is 19.3 Å². The van der Waals surface area contributed by atoms with E-state index < -0.39 is 11.9 Å². The second-order valence-electron chi connectivity index (χ2n) is 4.73. The molecular formula is C17H17O2-. The molecule has 1 atom stereocenters. The van der Waals surface area contributed by atoms with Crippen molar-refractivity contribution in [3.63, 3.8) is 0 Å². The van der Waals surface area contributed by atoms with E-state index in [2.05, 4.69) is 0 Å². The summed E-state index contributed by atoms with van der Waals surface area (Å²) < 4.78 is 0. The molecule has 2 aromatic rings. The Morgan fingerprint density at radius 2 is 1.42 bits per heavy atom. The van der Waals surface area contributed by atoms with Crippen molar-refractivity contribution in [1.29, 1.82) is 0 Å². The Hall–Kier alpha value is -2.09. The fourth-order valence-electron chi connectivity index (χ4n) is 2.19. The molecule has 0 aliphatic carbocycles. The SMILES string of the molecule is O=C([O-])C(CCc1ccccc1)Cc1ccccc1. The third-order valence-corrected chi connectivity index (χ3v) is 3.28. The maximum Gasteiger partial charge on any atom is 0.0448 e. The molecule has 0 saturated heterocycles. The third kappa shape index (κ3) is 4.25. The van der Waals surface area contributed by atoms with E-state index in [0.29, 0.717) is 12.8 Å². The van der Waals surface area contributed by atoms with E-state index in [-0.39, 0.29) is 0 Å². The second-order valence-corrected chi connectivity index (χ2v) is 4.73. The van der Waals surface area contributed by atoms with E-state index in [1.807, 2.05) is 60.7 Å². The number of carbonyl (C=O) groups excluding carboxylic acids is 1. The Bertz CT molecular complexity index is 505. The maximum absolute atomic E-state index is 11.2. The Morgan fingerprint density at radius 1 is 0.895 bits per heavy atom. The van der Waals surface area contributed by atoms with E-state index in [9.17, 15) is 9.90 Å². The maximum atomic E-state index is 11.2. The van der Waals surface area contributed by atoms with Crippen LogP contribution in [0.3, 0.4) is 0 Å². The van der Waals surface area contributed by atoms with Gasteiger partial charge < -0.3 is 9.90 Å². The van der Waals surface area contributed by atoms with Gasteiger partial charge in [0.2, 0.25) is 0 Å². The molecule has 2 rings (SSSR count). The lowest BCUT2D eigenvalue weighted by Gasteiger charge is -2.18. The van der Waals surface area contributed by atoms with Gasteiger partial charge in [-0.05, 0) is 30.4 Å². The molecule has 0 heterocycles. The number of hydrogen-bond acceptors (Lipinski definition) is 2. The van der Waals surface area contributed by atoms with Crippen molar-refractivity contribution < 1.29 is 9.90 Å². The van der Waals surface area contributed by atoms with Crippen molar-refractivity contribution in [2.75, 3.05) is 0 Å². The largest absolute Gasteiger partial charge is 0.550 e. The summed E-state index contributed by atoms with van der Waals surface area (Å²) in [5, 5.41) is 11.2. The minimum atomic E-state index is -0.959. The number of carboxylic acid groups (broad SMARTS) is 1. The van der Waals surface area contributed by atoms with Crippen molar-refractivity contribution in [3.8, 4) is 0 Å². The Morgan fingerprint density at radius 3 is 1.95 bits per heavy atom. The van der Waals surface area contributed by atoms with E-state index in [0.717, 1.165) is 12.0 Å². The van der Waals surface area contributed by atoms with E-state index in [4.69, 9.17) is 0 Å². The molecule has 0 radical (unpaired) electrons. The lowest BCUT2D eigenvalue weighted by atomic mass is 9.93. The zero-order valence-corrected chi connectivity index (χ0v) is 10.8. The molecule has 19 heavy (non-hydrogen) atoms. The van der Waals surface area contributed by atoms with Gasteiger partial charge in [-0.1, -0.05) is 60.7 Å². The molecule has 0 spiro atoms. The zero-order chi connectivity index (χ0) is 13.5. The smallest absolute Gasteiger partial charge is 0.0448 e. The first-order valence-electron chi connectivity index (χ1n) is 6.54. The van der Waals surface area contributed by atoms with Crippen LogP contribution in [-0.2, 0) is 17.6 Å². The number of rotatable bonds is 6. The van der Waals surface area contributed by atoms with Gasteiger partial charge in [-0.15, -0.1) is 0 Å². The number of hydrogen-bond donors (Lipinski definition) is 0. The molecule has 0 aromatic heterocycles. The fourth-order valence-corrected chi connectivity index (χ4v) is 2.19. The molecule has 0 fully saturated rings. The summed E-state index contributed by atoms with van der Waals surface area (Å²) >= 11 is 0. The highest BCUT2D eigenvalue weighted by molar-refractivity contribution is 5.68. The summed E-state index contributed by atoms with van der Waals surface area (Å²) in [6, 6.07) is 19.7. The van der Waals surface area contributed by atoms with Crippen LogP contribution in [-0.4, -0.2) is 5.97 Å². The van der Waals surface area contributed by atoms with Gasteiger partial charge >= 0.3 is 0 Å². The van der Waals surface area contributed by atoms with Gasteiger partial charge in [0.25, 0.3) is 0 Å². The standard InChI is InChI=1S/C17H18O2/c18-17(19)16(13-15-9-5-2-6-10-15)12-11-14-7-3-1-4-8-14/h1-10,16H,11-13H2,(H,18,19)/p-1. The molecule has 0 aliphatic heterocycles. The molecule has 0 saturated carbocycles. The minimum Gasteiger partial charge on any atom is -0.550 e. The van der Waals surface area contributed by atoms with Gasteiger partial charge in [-0.2, -0.15) is 0 Å². The van der Waals surface area contributed by atoms with Crippen molar-refractivity contribution >= 4 is 5.97 Å². The van der Waals surface area contributed by atoms with Crippen molar-refractivity contribution in [3.05, 3.63) is 71.8 Å². The van der Waals surface area contributed by atoms with Crippen LogP contribution in [0.2, 0.25) is 0 Å². The number of aliphatic carboxylic acids is 1. The topological polar surface area (TPSA) is 40.1 Å². The number of carboxylic acids is 1. The summed E-state index contributed by atoms with van der Waals surface area (Å²) in [6.07, 6.45) is 1.92. The summed E-state index contributed by atoms with van der Waals surface area (Å²) in [5.74, 6) is -1.39. The lowest BCUT2D eigenvalue weighted by Crippen LogP contribution is -2.33. The van der Waals surface area contributed by atoms with Gasteiger partial charge in [0.05, 0.1) is 0 Å². The van der Waals surface area contributed by atoms with Crippen molar-refractivity contribution in [2.24, 2.45) is 5.92 Å². The molecule has 2 aromatic carbocycles. The molecule has 0 amide bonds. The van der Waals surface area contributed by atoms with Crippen LogP contribution in [0.25, 0.3) is 0 Å². The van der Waals surface area contributed by atoms with Gasteiger partial charge in [0, 0.05) is 11.9 Å². The molecule has 98 valence electrons. The second kappa shape index (κ2) is 6.74. The average Bonchev–Trinajstić information content (AvgIpc) is 2.45. The minimum absolute atomic E-state index is 0.428. The Labute approximate surface area is 113 Å². The van der Waals surface area contributed by atoms with Crippen LogP contribution in [0.5, 0.6) is 0 Å². The van der Waals surface area contributed by atoms with Gasteiger partial charge in [0.15, 0.2) is 0 Å². The first-order chi connectivity index (χ1) is 9.25. The molecule has 1 unspecified atom stereocenters. The first-order valence-corrected chi connectivity index (χ1v) is 6.54. The average molecular weight is 253 g/mol. The molecular weight excluding hydrogens is 236 g/mol. The van der Waals surface area contributed by atoms with Crippen LogP contribution in [0, 0.1) is 5.92 Å². The predicted octanol–water partition coefficient (Wildman–Crippen LogP) is 2.23. The van der Waals surface area contributed by atoms with Gasteiger partial charge in [0.1, 0.15) is 0 Å². The monoisotopic (exact) mass is 253 g/mol. The number of aryl methyl sites for hydroxylation is 1. The summed E-state index contributed by atoms with van der Waals surface area (Å²) in [4.78, 5) is 11.2. The summed E-state index contributed by atoms with van der Waals surface area (Å²) in [7, 11) is 0. The van der Waals surface area contributed by atoms with Gasteiger partial charge in [-0.3, -0.25) is 0 Å². The normalized spacial score (nSPS) is 12.0. The quantitative estimate of drug-likeness (QED) is 0.792. The molecule has 0 aliphatic rings. The highest BCUT2D eigenvalue weighted by Gasteiger charge is 2.11. The molecule has 2 heteroatoms. The van der Waals surface area contributed by atoms with E-state index in [1.165, 1.54) is 5.56 Å². The molecule has 0 bridgehead atoms. The molecule has 0 N–H and O–H groups in total. The summed E-state index contributed by atoms with van der Waals surface area (Å²) in [5.41, 5.74) is 2.21. The van der Waals surface area contributed by atoms with Crippen LogP contribution in [0.15, 0.2) is 60.7 Å². The first kappa shape index (κ1) is 13.3. The van der Waals surface area contributed by atoms with Crippen LogP contribution in [0.1, 0.15) is 17.5 Å². The Kier molecular flexibility index (Phi) is 4.73. The van der Waals surface area contributed by atoms with E-state index in [1.54, 1.807) is 0 Å². The van der Waals surface area contributed by atoms with Crippen LogP contribution >= 0.6 is 0 Å². The van der Waals surface area contributed by atoms with Crippen LogP contribution < -0.4 is 5.11 Å². The van der Waals surface area contributed by atoms with Crippen molar-refractivity contribution in [1.82, 2.24) is 0 Å². The number of carbonyl (C=O) groups is 1. The zero-order valence-electron chi connectivity index (χ0n) is 10.8. The Balaban J connectivity index is 1.95. The van der Waals surface area contributed by atoms with E-state index >= 15 is 0 Å². The lowest BCUT2D eigenvalue weighted by molar-refractivity contribution is -0.311.